The molecule has 0 radical (unpaired) electrons. The van der Waals surface area contributed by atoms with E-state index in [2.05, 4.69) is 10.3 Å². The third-order valence-electron chi connectivity index (χ3n) is 2.75. The normalized spacial score (nSPS) is 10.1. The summed E-state index contributed by atoms with van der Waals surface area (Å²) in [5.41, 5.74) is 8.56. The van der Waals surface area contributed by atoms with E-state index >= 15 is 0 Å². The summed E-state index contributed by atoms with van der Waals surface area (Å²) in [6, 6.07) is 10.9. The molecular weight excluding hydrogens is 226 g/mol. The molecule has 92 valence electrons. The molecule has 3 N–H and O–H groups in total. The molecule has 0 fully saturated rings. The lowest BCUT2D eigenvalue weighted by Crippen LogP contribution is -2.14. The van der Waals surface area contributed by atoms with Gasteiger partial charge in [-0.2, -0.15) is 0 Å². The minimum absolute atomic E-state index is 0.136. The first-order valence-corrected chi connectivity index (χ1v) is 5.68. The average molecular weight is 241 g/mol. The van der Waals surface area contributed by atoms with E-state index in [-0.39, 0.29) is 5.91 Å². The summed E-state index contributed by atoms with van der Waals surface area (Å²) in [5, 5.41) is 2.84. The lowest BCUT2D eigenvalue weighted by molar-refractivity contribution is 0.102. The van der Waals surface area contributed by atoms with Crippen molar-refractivity contribution in [2.75, 3.05) is 11.1 Å². The zero-order valence-electron chi connectivity index (χ0n) is 10.4. The van der Waals surface area contributed by atoms with E-state index in [1.54, 1.807) is 18.2 Å². The first kappa shape index (κ1) is 12.1. The summed E-state index contributed by atoms with van der Waals surface area (Å²) in [6.45, 7) is 3.72. The van der Waals surface area contributed by atoms with Gasteiger partial charge in [-0.25, -0.2) is 4.98 Å². The van der Waals surface area contributed by atoms with Crippen molar-refractivity contribution in [2.45, 2.75) is 13.8 Å². The van der Waals surface area contributed by atoms with Gasteiger partial charge in [-0.05, 0) is 37.6 Å². The van der Waals surface area contributed by atoms with Gasteiger partial charge in [0.05, 0.1) is 11.4 Å². The SMILES string of the molecule is Cc1ccccc1C(=O)Nc1ccc(N)nc1C. The molecule has 1 aromatic carbocycles. The van der Waals surface area contributed by atoms with Gasteiger partial charge in [0.1, 0.15) is 5.82 Å². The molecule has 2 aromatic rings. The van der Waals surface area contributed by atoms with E-state index < -0.39 is 0 Å². The number of amides is 1. The molecule has 0 saturated carbocycles. The predicted octanol–water partition coefficient (Wildman–Crippen LogP) is 2.53. The molecule has 0 spiro atoms. The van der Waals surface area contributed by atoms with Crippen LogP contribution in [0.2, 0.25) is 0 Å². The molecule has 0 aliphatic carbocycles. The molecule has 0 atom stereocenters. The molecule has 0 unspecified atom stereocenters. The van der Waals surface area contributed by atoms with Crippen molar-refractivity contribution in [3.63, 3.8) is 0 Å². The number of nitrogen functional groups attached to an aromatic ring is 1. The van der Waals surface area contributed by atoms with E-state index in [1.807, 2.05) is 32.0 Å². The average Bonchev–Trinajstić information content (AvgIpc) is 2.33. The highest BCUT2D eigenvalue weighted by atomic mass is 16.1. The quantitative estimate of drug-likeness (QED) is 0.849. The van der Waals surface area contributed by atoms with E-state index in [0.29, 0.717) is 22.8 Å². The Balaban J connectivity index is 2.24. The maximum absolute atomic E-state index is 12.1. The molecule has 1 aromatic heterocycles. The Kier molecular flexibility index (Phi) is 3.28. The first-order valence-electron chi connectivity index (χ1n) is 5.68. The highest BCUT2D eigenvalue weighted by Crippen LogP contribution is 2.16. The van der Waals surface area contributed by atoms with Crippen molar-refractivity contribution in [2.24, 2.45) is 0 Å². The topological polar surface area (TPSA) is 68.0 Å². The Morgan fingerprint density at radius 2 is 1.89 bits per heavy atom. The van der Waals surface area contributed by atoms with Crippen LogP contribution in [0.1, 0.15) is 21.6 Å². The molecule has 18 heavy (non-hydrogen) atoms. The first-order chi connectivity index (χ1) is 8.58. The molecule has 1 heterocycles. The van der Waals surface area contributed by atoms with Crippen molar-refractivity contribution in [1.82, 2.24) is 4.98 Å². The molecule has 1 amide bonds. The molecular formula is C14H15N3O. The van der Waals surface area contributed by atoms with Gasteiger partial charge < -0.3 is 11.1 Å². The maximum atomic E-state index is 12.1. The number of rotatable bonds is 2. The van der Waals surface area contributed by atoms with Gasteiger partial charge in [0.2, 0.25) is 0 Å². The largest absolute Gasteiger partial charge is 0.384 e. The van der Waals surface area contributed by atoms with Crippen molar-refractivity contribution in [1.29, 1.82) is 0 Å². The molecule has 0 saturated heterocycles. The van der Waals surface area contributed by atoms with Crippen LogP contribution in [0.4, 0.5) is 11.5 Å². The van der Waals surface area contributed by atoms with Gasteiger partial charge in [-0.3, -0.25) is 4.79 Å². The van der Waals surface area contributed by atoms with Gasteiger partial charge in [0, 0.05) is 5.56 Å². The van der Waals surface area contributed by atoms with Gasteiger partial charge in [-0.1, -0.05) is 18.2 Å². The van der Waals surface area contributed by atoms with E-state index in [4.69, 9.17) is 5.73 Å². The Bertz CT molecular complexity index is 593. The fraction of sp³-hybridized carbons (Fsp3) is 0.143. The number of nitrogens with two attached hydrogens (primary N) is 1. The maximum Gasteiger partial charge on any atom is 0.255 e. The molecule has 2 rings (SSSR count). The van der Waals surface area contributed by atoms with Crippen LogP contribution in [0.5, 0.6) is 0 Å². The number of aromatic nitrogens is 1. The van der Waals surface area contributed by atoms with Gasteiger partial charge in [0.15, 0.2) is 0 Å². The number of hydrogen-bond acceptors (Lipinski definition) is 3. The third-order valence-corrected chi connectivity index (χ3v) is 2.75. The van der Waals surface area contributed by atoms with E-state index in [0.717, 1.165) is 5.56 Å². The summed E-state index contributed by atoms with van der Waals surface area (Å²) < 4.78 is 0. The number of nitrogens with zero attached hydrogens (tertiary/aromatic N) is 1. The zero-order valence-corrected chi connectivity index (χ0v) is 10.4. The van der Waals surface area contributed by atoms with Gasteiger partial charge in [-0.15, -0.1) is 0 Å². The van der Waals surface area contributed by atoms with Crippen molar-refractivity contribution >= 4 is 17.4 Å². The lowest BCUT2D eigenvalue weighted by Gasteiger charge is -2.09. The fourth-order valence-electron chi connectivity index (χ4n) is 1.73. The number of anilines is 2. The third kappa shape index (κ3) is 2.48. The number of hydrogen-bond donors (Lipinski definition) is 2. The second-order valence-corrected chi connectivity index (χ2v) is 4.14. The molecule has 4 nitrogen and oxygen atoms in total. The van der Waals surface area contributed by atoms with Crippen LogP contribution in [0.15, 0.2) is 36.4 Å². The summed E-state index contributed by atoms with van der Waals surface area (Å²) in [5.74, 6) is 0.309. The van der Waals surface area contributed by atoms with Crippen molar-refractivity contribution in [3.8, 4) is 0 Å². The minimum atomic E-state index is -0.136. The second-order valence-electron chi connectivity index (χ2n) is 4.14. The van der Waals surface area contributed by atoms with Crippen LogP contribution in [0.25, 0.3) is 0 Å². The smallest absolute Gasteiger partial charge is 0.255 e. The van der Waals surface area contributed by atoms with Crippen LogP contribution in [0, 0.1) is 13.8 Å². The monoisotopic (exact) mass is 241 g/mol. The second kappa shape index (κ2) is 4.87. The number of carbonyl (C=O) groups excluding carboxylic acids is 1. The minimum Gasteiger partial charge on any atom is -0.384 e. The van der Waals surface area contributed by atoms with Crippen molar-refractivity contribution in [3.05, 3.63) is 53.2 Å². The number of carbonyl (C=O) groups is 1. The van der Waals surface area contributed by atoms with Gasteiger partial charge in [0.25, 0.3) is 5.91 Å². The molecule has 0 bridgehead atoms. The Labute approximate surface area is 106 Å². The zero-order chi connectivity index (χ0) is 13.1. The van der Waals surface area contributed by atoms with Crippen LogP contribution < -0.4 is 11.1 Å². The Morgan fingerprint density at radius 1 is 1.17 bits per heavy atom. The predicted molar refractivity (Wildman–Crippen MR) is 72.5 cm³/mol. The molecule has 0 aliphatic rings. The Morgan fingerprint density at radius 3 is 2.56 bits per heavy atom. The van der Waals surface area contributed by atoms with Crippen LogP contribution in [-0.4, -0.2) is 10.9 Å². The standard InChI is InChI=1S/C14H15N3O/c1-9-5-3-4-6-11(9)14(18)17-12-7-8-13(15)16-10(12)2/h3-8H,1-2H3,(H2,15,16)(H,17,18). The summed E-state index contributed by atoms with van der Waals surface area (Å²) in [7, 11) is 0. The van der Waals surface area contributed by atoms with E-state index in [9.17, 15) is 4.79 Å². The molecule has 0 aliphatic heterocycles. The highest BCUT2D eigenvalue weighted by Gasteiger charge is 2.10. The number of nitrogens with one attached hydrogen (secondary N) is 1. The van der Waals surface area contributed by atoms with Crippen LogP contribution in [0.3, 0.4) is 0 Å². The summed E-state index contributed by atoms with van der Waals surface area (Å²) in [6.07, 6.45) is 0. The number of benzene rings is 1. The number of pyridine rings is 1. The van der Waals surface area contributed by atoms with Gasteiger partial charge >= 0.3 is 0 Å². The summed E-state index contributed by atoms with van der Waals surface area (Å²) in [4.78, 5) is 16.2. The van der Waals surface area contributed by atoms with Crippen LogP contribution in [-0.2, 0) is 0 Å². The lowest BCUT2D eigenvalue weighted by atomic mass is 10.1. The van der Waals surface area contributed by atoms with E-state index in [1.165, 1.54) is 0 Å². The van der Waals surface area contributed by atoms with Crippen LogP contribution >= 0.6 is 0 Å². The van der Waals surface area contributed by atoms with Crippen molar-refractivity contribution < 1.29 is 4.79 Å². The highest BCUT2D eigenvalue weighted by molar-refractivity contribution is 6.05. The molecule has 4 heteroatoms. The fourth-order valence-corrected chi connectivity index (χ4v) is 1.73. The number of aryl methyl sites for hydroxylation is 2. The Hall–Kier alpha value is -2.36. The summed E-state index contributed by atoms with van der Waals surface area (Å²) >= 11 is 0.